The maximum Gasteiger partial charge on any atom is 0.302 e. The molecule has 0 radical (unpaired) electrons. The van der Waals surface area contributed by atoms with Gasteiger partial charge in [0.1, 0.15) is 12.2 Å². The summed E-state index contributed by atoms with van der Waals surface area (Å²) < 4.78 is 11.5. The van der Waals surface area contributed by atoms with Gasteiger partial charge in [-0.15, -0.1) is 0 Å². The van der Waals surface area contributed by atoms with E-state index in [-0.39, 0.29) is 45.8 Å². The molecule has 6 heteroatoms. The topological polar surface area (TPSA) is 86.7 Å². The van der Waals surface area contributed by atoms with Crippen molar-refractivity contribution in [2.75, 3.05) is 0 Å². The number of ether oxygens (including phenoxy) is 2. The number of hydrogen-bond donors (Lipinski definition) is 0. The van der Waals surface area contributed by atoms with Crippen LogP contribution in [0.2, 0.25) is 0 Å². The predicted octanol–water partition coefficient (Wildman–Crippen LogP) is 9.15. The Labute approximate surface area is 295 Å². The summed E-state index contributed by atoms with van der Waals surface area (Å²) in [4.78, 5) is 47.0. The molecule has 0 aromatic rings. The van der Waals surface area contributed by atoms with Gasteiger partial charge < -0.3 is 9.47 Å². The number of fused-ring (bicyclic) bond motifs is 10. The van der Waals surface area contributed by atoms with Crippen molar-refractivity contribution < 1.29 is 28.7 Å². The van der Waals surface area contributed by atoms with Crippen LogP contribution in [0, 0.1) is 63.1 Å². The van der Waals surface area contributed by atoms with Crippen molar-refractivity contribution in [1.82, 2.24) is 0 Å². The molecule has 0 N–H and O–H groups in total. The number of allylic oxidation sites excluding steroid dienone is 2. The highest BCUT2D eigenvalue weighted by atomic mass is 16.5. The van der Waals surface area contributed by atoms with Gasteiger partial charge in [-0.1, -0.05) is 45.8 Å². The third kappa shape index (κ3) is 5.63. The molecule has 6 nitrogen and oxygen atoms in total. The van der Waals surface area contributed by atoms with Crippen LogP contribution in [0.25, 0.3) is 0 Å². The van der Waals surface area contributed by atoms with Crippen LogP contribution >= 0.6 is 0 Å². The summed E-state index contributed by atoms with van der Waals surface area (Å²) in [5.74, 6) is 5.09. The molecule has 0 bridgehead atoms. The molecule has 0 aromatic heterocycles. The second-order valence-corrected chi connectivity index (χ2v) is 18.9. The average Bonchev–Trinajstić information content (AvgIpc) is 3.54. The highest BCUT2D eigenvalue weighted by Gasteiger charge is 2.62. The normalized spacial score (nSPS) is 48.1. The zero-order valence-corrected chi connectivity index (χ0v) is 31.4. The molecular weight excluding hydrogens is 612 g/mol. The van der Waals surface area contributed by atoms with Crippen molar-refractivity contribution in [1.29, 1.82) is 0 Å². The molecule has 6 saturated carbocycles. The second kappa shape index (κ2) is 12.5. The maximum atomic E-state index is 12.0. The molecule has 8 rings (SSSR count). The van der Waals surface area contributed by atoms with Crippen LogP contribution in [0.3, 0.4) is 0 Å². The molecule has 0 heterocycles. The number of hydrogen-bond acceptors (Lipinski definition) is 6. The van der Waals surface area contributed by atoms with Gasteiger partial charge in [0, 0.05) is 37.5 Å². The van der Waals surface area contributed by atoms with Gasteiger partial charge in [-0.05, 0) is 148 Å². The fraction of sp³-hybridized carbons (Fsp3) is 0.814. The van der Waals surface area contributed by atoms with E-state index in [0.717, 1.165) is 57.3 Å². The van der Waals surface area contributed by atoms with Crippen molar-refractivity contribution in [3.8, 4) is 0 Å². The van der Waals surface area contributed by atoms with E-state index in [1.807, 2.05) is 12.2 Å². The maximum absolute atomic E-state index is 12.0. The summed E-state index contributed by atoms with van der Waals surface area (Å²) in [6.45, 7) is 15.0. The molecule has 8 aliphatic carbocycles. The predicted molar refractivity (Wildman–Crippen MR) is 189 cm³/mol. The zero-order chi connectivity index (χ0) is 35.1. The van der Waals surface area contributed by atoms with E-state index in [2.05, 4.69) is 34.6 Å². The minimum Gasteiger partial charge on any atom is -0.462 e. The first-order valence-electron chi connectivity index (χ1n) is 19.9. The molecule has 0 amide bonds. The van der Waals surface area contributed by atoms with Crippen molar-refractivity contribution >= 4 is 23.5 Å². The van der Waals surface area contributed by atoms with E-state index >= 15 is 0 Å². The molecule has 0 aromatic carbocycles. The number of carbonyl (C=O) groups is 4. The Bertz CT molecular complexity index is 1460. The van der Waals surface area contributed by atoms with E-state index in [1.54, 1.807) is 13.8 Å². The summed E-state index contributed by atoms with van der Waals surface area (Å²) in [5, 5.41) is 0. The van der Waals surface area contributed by atoms with Crippen LogP contribution in [0.15, 0.2) is 23.3 Å². The molecule has 0 aliphatic heterocycles. The molecule has 49 heavy (non-hydrogen) atoms. The largest absolute Gasteiger partial charge is 0.462 e. The van der Waals surface area contributed by atoms with Gasteiger partial charge in [0.25, 0.3) is 0 Å². The molecule has 0 saturated heterocycles. The Morgan fingerprint density at radius 2 is 1.12 bits per heavy atom. The summed E-state index contributed by atoms with van der Waals surface area (Å²) in [7, 11) is 0. The lowest BCUT2D eigenvalue weighted by atomic mass is 9.45. The first kappa shape index (κ1) is 35.2. The zero-order valence-electron chi connectivity index (χ0n) is 31.4. The van der Waals surface area contributed by atoms with E-state index in [0.29, 0.717) is 53.5 Å². The van der Waals surface area contributed by atoms with Gasteiger partial charge in [0.05, 0.1) is 0 Å². The number of rotatable bonds is 2. The lowest BCUT2D eigenvalue weighted by Crippen LogP contribution is -2.53. The minimum atomic E-state index is -0.131. The van der Waals surface area contributed by atoms with Crippen molar-refractivity contribution in [2.24, 2.45) is 63.1 Å². The standard InChI is InChI=1S/C22H32O3.C21H30O3/c1-13-11-16-17-5-6-20(25-14(2)23)22(17,4)10-8-18(16)21(3)9-7-15(24)12-19(13)21;1-13(22)24-19-7-6-17-16-5-4-14-12-15(23)8-10-20(14,2)18(16)9-11-21(17,19)3/h12-13,16-18,20H,5-11H2,1-4H3;12,16-19H,4-11H2,1-3H3/t13?,16-,17-,18-,20?,21+,22-;16-,17-,18-,19?,20-,21-/m00/s1. The molecule has 0 spiro atoms. The average molecular weight is 675 g/mol. The molecule has 8 aliphatic rings. The molecular formula is C43H62O6. The Kier molecular flexibility index (Phi) is 8.95. The molecule has 270 valence electrons. The smallest absolute Gasteiger partial charge is 0.302 e. The monoisotopic (exact) mass is 674 g/mol. The fourth-order valence-electron chi connectivity index (χ4n) is 14.2. The number of carbonyl (C=O) groups excluding carboxylic acids is 4. The Balaban J connectivity index is 0.000000154. The Hall–Kier alpha value is -2.24. The lowest BCUT2D eigenvalue weighted by Gasteiger charge is -2.59. The van der Waals surface area contributed by atoms with E-state index in [9.17, 15) is 19.2 Å². The third-order valence-electron chi connectivity index (χ3n) is 16.7. The Morgan fingerprint density at radius 3 is 1.69 bits per heavy atom. The third-order valence-corrected chi connectivity index (χ3v) is 16.7. The van der Waals surface area contributed by atoms with Crippen LogP contribution in [0.1, 0.15) is 145 Å². The van der Waals surface area contributed by atoms with Gasteiger partial charge in [-0.3, -0.25) is 19.2 Å². The quantitative estimate of drug-likeness (QED) is 0.272. The summed E-state index contributed by atoms with van der Waals surface area (Å²) >= 11 is 0. The summed E-state index contributed by atoms with van der Waals surface area (Å²) in [5.41, 5.74) is 3.61. The van der Waals surface area contributed by atoms with Crippen LogP contribution in [0.4, 0.5) is 0 Å². The van der Waals surface area contributed by atoms with E-state index < -0.39 is 0 Å². The van der Waals surface area contributed by atoms with Gasteiger partial charge in [0.2, 0.25) is 0 Å². The number of esters is 2. The van der Waals surface area contributed by atoms with Crippen LogP contribution in [0.5, 0.6) is 0 Å². The van der Waals surface area contributed by atoms with Crippen molar-refractivity contribution in [3.05, 3.63) is 23.3 Å². The first-order valence-corrected chi connectivity index (χ1v) is 19.9. The summed E-state index contributed by atoms with van der Waals surface area (Å²) in [6, 6.07) is 0. The van der Waals surface area contributed by atoms with Gasteiger partial charge in [-0.25, -0.2) is 0 Å². The molecule has 13 atom stereocenters. The minimum absolute atomic E-state index is 0.101. The second-order valence-electron chi connectivity index (χ2n) is 18.9. The highest BCUT2D eigenvalue weighted by molar-refractivity contribution is 5.92. The van der Waals surface area contributed by atoms with Crippen molar-refractivity contribution in [3.63, 3.8) is 0 Å². The molecule has 3 unspecified atom stereocenters. The highest BCUT2D eigenvalue weighted by Crippen LogP contribution is 2.67. The fourth-order valence-corrected chi connectivity index (χ4v) is 14.2. The van der Waals surface area contributed by atoms with Gasteiger partial charge in [-0.2, -0.15) is 0 Å². The first-order chi connectivity index (χ1) is 23.1. The summed E-state index contributed by atoms with van der Waals surface area (Å²) in [6.07, 6.45) is 20.4. The van der Waals surface area contributed by atoms with Crippen LogP contribution in [-0.4, -0.2) is 35.7 Å². The van der Waals surface area contributed by atoms with E-state index in [1.165, 1.54) is 49.7 Å². The van der Waals surface area contributed by atoms with Crippen molar-refractivity contribution in [2.45, 2.75) is 157 Å². The van der Waals surface area contributed by atoms with Crippen LogP contribution in [-0.2, 0) is 28.7 Å². The van der Waals surface area contributed by atoms with E-state index in [4.69, 9.17) is 9.47 Å². The van der Waals surface area contributed by atoms with Crippen LogP contribution < -0.4 is 0 Å². The number of ketones is 2. The SMILES string of the molecule is CC(=O)OC1CC[C@H]2[C@@H]3CC(C)C4=CC(=O)CC[C@]4(C)[C@H]3CC[C@]12C.CC(=O)OC1CC[C@H]2[C@@H]3CCC4=CC(=O)CC[C@]4(C)[C@H]3CC[C@]12C. The molecule has 6 fully saturated rings. The van der Waals surface area contributed by atoms with Gasteiger partial charge >= 0.3 is 11.9 Å². The Morgan fingerprint density at radius 1 is 0.612 bits per heavy atom. The lowest BCUT2D eigenvalue weighted by molar-refractivity contribution is -0.158. The van der Waals surface area contributed by atoms with Gasteiger partial charge in [0.15, 0.2) is 11.6 Å².